The number of allylic oxidation sites excluding steroid dienone is 1. The van der Waals surface area contributed by atoms with Crippen LogP contribution in [0.2, 0.25) is 0 Å². The molecule has 1 aliphatic heterocycles. The molecule has 2 N–H and O–H groups in total. The topological polar surface area (TPSA) is 144 Å². The fourth-order valence-corrected chi connectivity index (χ4v) is 3.96. The molecule has 0 radical (unpaired) electrons. The fraction of sp³-hybridized carbons (Fsp3) is 0.345. The van der Waals surface area contributed by atoms with Gasteiger partial charge in [-0.3, -0.25) is 14.4 Å². The number of rotatable bonds is 10. The molecule has 1 aliphatic rings. The number of furan rings is 1. The number of nitrogens with one attached hydrogen (secondary N) is 2. The van der Waals surface area contributed by atoms with Crippen molar-refractivity contribution >= 4 is 41.4 Å². The first kappa shape index (κ1) is 29.9. The van der Waals surface area contributed by atoms with E-state index in [1.165, 1.54) is 30.3 Å². The Morgan fingerprint density at radius 3 is 2.23 bits per heavy atom. The van der Waals surface area contributed by atoms with Crippen LogP contribution in [0, 0.1) is 5.92 Å². The summed E-state index contributed by atoms with van der Waals surface area (Å²) >= 11 is 0. The zero-order valence-corrected chi connectivity index (χ0v) is 23.2. The highest BCUT2D eigenvalue weighted by Gasteiger charge is 2.37. The van der Waals surface area contributed by atoms with Crippen LogP contribution in [0.15, 0.2) is 57.7 Å². The summed E-state index contributed by atoms with van der Waals surface area (Å²) in [6.07, 6.45) is 1.47. The molecule has 0 aliphatic carbocycles. The smallest absolute Gasteiger partial charge is 0.340 e. The van der Waals surface area contributed by atoms with Crippen LogP contribution >= 0.6 is 0 Å². The third-order valence-corrected chi connectivity index (χ3v) is 5.79. The number of hydrogen-bond donors (Lipinski definition) is 2. The van der Waals surface area contributed by atoms with Gasteiger partial charge in [-0.1, -0.05) is 13.8 Å². The second-order valence-electron chi connectivity index (χ2n) is 9.29. The second-order valence-corrected chi connectivity index (χ2v) is 9.29. The Kier molecular flexibility index (Phi) is 10.0. The van der Waals surface area contributed by atoms with Crippen molar-refractivity contribution in [2.45, 2.75) is 41.2 Å². The quantitative estimate of drug-likeness (QED) is 0.260. The molecule has 0 atom stereocenters. The molecule has 0 saturated carbocycles. The molecule has 3 rings (SSSR count). The second kappa shape index (κ2) is 13.4. The van der Waals surface area contributed by atoms with Crippen molar-refractivity contribution < 1.29 is 37.9 Å². The van der Waals surface area contributed by atoms with E-state index in [4.69, 9.17) is 13.9 Å². The number of esters is 2. The summed E-state index contributed by atoms with van der Waals surface area (Å²) in [5, 5.41) is 4.91. The zero-order valence-electron chi connectivity index (χ0n) is 23.2. The Morgan fingerprint density at radius 2 is 1.60 bits per heavy atom. The van der Waals surface area contributed by atoms with E-state index in [0.717, 1.165) is 0 Å². The van der Waals surface area contributed by atoms with Gasteiger partial charge in [0.15, 0.2) is 0 Å². The molecule has 0 spiro atoms. The number of anilines is 1. The largest absolute Gasteiger partial charge is 0.462 e. The van der Waals surface area contributed by atoms with Crippen LogP contribution in [0.4, 0.5) is 5.69 Å². The number of ether oxygens (including phenoxy) is 2. The lowest BCUT2D eigenvalue weighted by molar-refractivity contribution is -0.138. The van der Waals surface area contributed by atoms with Crippen molar-refractivity contribution in [1.82, 2.24) is 10.2 Å². The third-order valence-electron chi connectivity index (χ3n) is 5.79. The van der Waals surface area contributed by atoms with Crippen molar-refractivity contribution in [3.8, 4) is 0 Å². The Balaban J connectivity index is 1.65. The highest BCUT2D eigenvalue weighted by atomic mass is 16.5. The van der Waals surface area contributed by atoms with Gasteiger partial charge >= 0.3 is 23.8 Å². The molecule has 0 unspecified atom stereocenters. The van der Waals surface area contributed by atoms with Crippen molar-refractivity contribution in [2.24, 2.45) is 5.92 Å². The molecule has 1 aromatic carbocycles. The van der Waals surface area contributed by atoms with E-state index < -0.39 is 23.8 Å². The van der Waals surface area contributed by atoms with Crippen molar-refractivity contribution in [3.63, 3.8) is 0 Å². The lowest BCUT2D eigenvalue weighted by atomic mass is 10.1. The zero-order chi connectivity index (χ0) is 29.4. The number of amides is 3. The van der Waals surface area contributed by atoms with Crippen molar-refractivity contribution in [2.75, 3.05) is 25.1 Å². The first-order chi connectivity index (χ1) is 19.0. The monoisotopic (exact) mass is 551 g/mol. The Bertz CT molecular complexity index is 1350. The van der Waals surface area contributed by atoms with E-state index in [2.05, 4.69) is 10.6 Å². The molecule has 1 aromatic heterocycles. The maximum atomic E-state index is 13.1. The SMILES string of the molecule is CCOC(=O)C1=C(C)N(CC(C)C)C(=O)/C1=C/c1ccc(CNC(=O)C(=O)Nc2ccc(C(=O)OCC)cc2)o1. The van der Waals surface area contributed by atoms with E-state index >= 15 is 0 Å². The van der Waals surface area contributed by atoms with Crippen LogP contribution < -0.4 is 10.6 Å². The Morgan fingerprint density at radius 1 is 0.950 bits per heavy atom. The van der Waals surface area contributed by atoms with Crippen LogP contribution in [-0.4, -0.2) is 54.3 Å². The Labute approximate surface area is 232 Å². The lowest BCUT2D eigenvalue weighted by Crippen LogP contribution is -2.34. The molecule has 0 saturated heterocycles. The standard InChI is InChI=1S/C29H33N3O8/c1-6-38-28(36)19-8-10-20(11-9-19)31-26(34)25(33)30-15-22-13-12-21(40-22)14-23-24(29(37)39-7-2)18(5)32(27(23)35)16-17(3)4/h8-14,17H,6-7,15-16H2,1-5H3,(H,30,33)(H,31,34)/b23-14+. The predicted octanol–water partition coefficient (Wildman–Crippen LogP) is 3.43. The number of hydrogen-bond acceptors (Lipinski definition) is 8. The van der Waals surface area contributed by atoms with E-state index in [9.17, 15) is 24.0 Å². The van der Waals surface area contributed by atoms with Crippen LogP contribution in [0.25, 0.3) is 6.08 Å². The van der Waals surface area contributed by atoms with Crippen molar-refractivity contribution in [1.29, 1.82) is 0 Å². The average Bonchev–Trinajstić information content (AvgIpc) is 3.45. The predicted molar refractivity (Wildman–Crippen MR) is 145 cm³/mol. The van der Waals surface area contributed by atoms with Gasteiger partial charge in [0.25, 0.3) is 5.91 Å². The first-order valence-electron chi connectivity index (χ1n) is 12.9. The van der Waals surface area contributed by atoms with E-state index in [0.29, 0.717) is 35.0 Å². The van der Waals surface area contributed by atoms with Gasteiger partial charge in [0, 0.05) is 17.9 Å². The van der Waals surface area contributed by atoms with Gasteiger partial charge in [-0.05, 0) is 69.2 Å². The minimum absolute atomic E-state index is 0.0930. The minimum atomic E-state index is -0.903. The highest BCUT2D eigenvalue weighted by molar-refractivity contribution is 6.39. The molecule has 11 heteroatoms. The van der Waals surface area contributed by atoms with Gasteiger partial charge in [-0.25, -0.2) is 9.59 Å². The lowest BCUT2D eigenvalue weighted by Gasteiger charge is -2.19. The molecule has 0 bridgehead atoms. The molecule has 212 valence electrons. The average molecular weight is 552 g/mol. The maximum Gasteiger partial charge on any atom is 0.340 e. The van der Waals surface area contributed by atoms with E-state index in [1.807, 2.05) is 13.8 Å². The molecular weight excluding hydrogens is 518 g/mol. The van der Waals surface area contributed by atoms with Gasteiger partial charge in [-0.2, -0.15) is 0 Å². The molecule has 40 heavy (non-hydrogen) atoms. The molecule has 0 fully saturated rings. The van der Waals surface area contributed by atoms with E-state index in [-0.39, 0.29) is 42.7 Å². The highest BCUT2D eigenvalue weighted by Crippen LogP contribution is 2.32. The summed E-state index contributed by atoms with van der Waals surface area (Å²) in [5.41, 5.74) is 1.51. The summed E-state index contributed by atoms with van der Waals surface area (Å²) < 4.78 is 15.8. The summed E-state index contributed by atoms with van der Waals surface area (Å²) in [4.78, 5) is 63.6. The molecule has 2 heterocycles. The summed E-state index contributed by atoms with van der Waals surface area (Å²) in [6.45, 7) is 9.80. The normalized spacial score (nSPS) is 14.1. The van der Waals surface area contributed by atoms with Crippen LogP contribution in [-0.2, 0) is 35.2 Å². The molecule has 11 nitrogen and oxygen atoms in total. The third kappa shape index (κ3) is 7.25. The number of nitrogens with zero attached hydrogens (tertiary/aromatic N) is 1. The number of carbonyl (C=O) groups is 5. The van der Waals surface area contributed by atoms with Crippen LogP contribution in [0.1, 0.15) is 56.5 Å². The maximum absolute atomic E-state index is 13.1. The van der Waals surface area contributed by atoms with Gasteiger partial charge < -0.3 is 29.4 Å². The molecular formula is C29H33N3O8. The van der Waals surface area contributed by atoms with Crippen molar-refractivity contribution in [3.05, 3.63) is 70.3 Å². The minimum Gasteiger partial charge on any atom is -0.462 e. The summed E-state index contributed by atoms with van der Waals surface area (Å²) in [6, 6.07) is 9.10. The van der Waals surface area contributed by atoms with Gasteiger partial charge in [0.1, 0.15) is 11.5 Å². The fourth-order valence-electron chi connectivity index (χ4n) is 3.96. The van der Waals surface area contributed by atoms with Gasteiger partial charge in [0.05, 0.1) is 36.5 Å². The van der Waals surface area contributed by atoms with Crippen LogP contribution in [0.3, 0.4) is 0 Å². The van der Waals surface area contributed by atoms with E-state index in [1.54, 1.807) is 37.8 Å². The van der Waals surface area contributed by atoms with Gasteiger partial charge in [-0.15, -0.1) is 0 Å². The number of benzene rings is 1. The van der Waals surface area contributed by atoms with Crippen LogP contribution in [0.5, 0.6) is 0 Å². The number of carbonyl (C=O) groups excluding carboxylic acids is 5. The Hall–Kier alpha value is -4.67. The first-order valence-corrected chi connectivity index (χ1v) is 12.9. The summed E-state index contributed by atoms with van der Waals surface area (Å²) in [7, 11) is 0. The van der Waals surface area contributed by atoms with Gasteiger partial charge in [0.2, 0.25) is 0 Å². The molecule has 2 aromatic rings. The molecule has 3 amide bonds. The summed E-state index contributed by atoms with van der Waals surface area (Å²) in [5.74, 6) is -2.40.